The van der Waals surface area contributed by atoms with E-state index in [2.05, 4.69) is 62.3 Å². The number of rotatable bonds is 0. The second-order valence-corrected chi connectivity index (χ2v) is 20.9. The van der Waals surface area contributed by atoms with Gasteiger partial charge in [0.1, 0.15) is 0 Å². The average molecular weight is 277 g/mol. The Balaban J connectivity index is 0. The predicted octanol–water partition coefficient (Wildman–Crippen LogP) is 3.16. The van der Waals surface area contributed by atoms with Crippen molar-refractivity contribution in [2.24, 2.45) is 0 Å². The molecule has 0 aliphatic rings. The van der Waals surface area contributed by atoms with Gasteiger partial charge in [0.05, 0.1) is 0 Å². The second-order valence-electron chi connectivity index (χ2n) is 8.30. The van der Waals surface area contributed by atoms with E-state index in [-0.39, 0.29) is 15.4 Å². The van der Waals surface area contributed by atoms with Crippen molar-refractivity contribution in [2.45, 2.75) is 75.8 Å². The normalized spacial score (nSPS) is 13.5. The van der Waals surface area contributed by atoms with Crippen molar-refractivity contribution in [3.63, 3.8) is 0 Å². The first kappa shape index (κ1) is 17.2. The van der Waals surface area contributed by atoms with Crippen LogP contribution >= 0.6 is 0 Å². The molecule has 2 heteroatoms. The summed E-state index contributed by atoms with van der Waals surface area (Å²) in [6.45, 7) is 21.0. The van der Waals surface area contributed by atoms with Gasteiger partial charge in [0.15, 0.2) is 0 Å². The molecule has 0 unspecified atom stereocenters. The Morgan fingerprint density at radius 3 is 0.786 bits per heavy atom. The van der Waals surface area contributed by atoms with E-state index >= 15 is 0 Å². The second kappa shape index (κ2) is 5.74. The Kier molecular flexibility index (Phi) is 7.03. The Bertz CT molecular complexity index is 125. The molecule has 0 rings (SSSR count). The van der Waals surface area contributed by atoms with Crippen LogP contribution in [-0.4, -0.2) is 25.7 Å². The minimum atomic E-state index is -0.333. The van der Waals surface area contributed by atoms with Crippen molar-refractivity contribution < 1.29 is 0 Å². The Labute approximate surface area is 102 Å². The average Bonchev–Trinajstić information content (AvgIpc) is 1.42. The molecule has 0 aromatic heterocycles. The van der Waals surface area contributed by atoms with Gasteiger partial charge in [-0.25, -0.2) is 0 Å². The van der Waals surface area contributed by atoms with Crippen LogP contribution in [0.1, 0.15) is 62.3 Å². The summed E-state index contributed by atoms with van der Waals surface area (Å²) >= 11 is -0.333. The molecule has 0 heterocycles. The topological polar surface area (TPSA) is 0 Å². The molecule has 14 heavy (non-hydrogen) atoms. The van der Waals surface area contributed by atoms with Crippen LogP contribution in [0, 0.1) is 0 Å². The fourth-order valence-corrected chi connectivity index (χ4v) is 8.27. The van der Waals surface area contributed by atoms with E-state index in [1.54, 1.807) is 0 Å². The number of hydrogen-bond donors (Lipinski definition) is 0. The third-order valence-electron chi connectivity index (χ3n) is 1.06. The molecule has 0 aliphatic carbocycles. The standard InChI is InChI=1S/C8H20Ge.C4H12Si/c1-7(2,3)9-8(4,5)6;1-4(2,3)5/h9H2,1-6H3;1-3,5H3. The van der Waals surface area contributed by atoms with Gasteiger partial charge in [-0.2, -0.15) is 0 Å². The molecule has 0 spiro atoms. The molecular formula is C12H32GeSi. The van der Waals surface area contributed by atoms with E-state index in [0.29, 0.717) is 13.5 Å². The molecule has 0 aromatic carbocycles. The van der Waals surface area contributed by atoms with E-state index in [1.165, 1.54) is 10.2 Å². The quantitative estimate of drug-likeness (QED) is 0.597. The first-order valence-electron chi connectivity index (χ1n) is 5.71. The fraction of sp³-hybridized carbons (Fsp3) is 1.00. The van der Waals surface area contributed by atoms with E-state index in [0.717, 1.165) is 0 Å². The Morgan fingerprint density at radius 2 is 0.786 bits per heavy atom. The summed E-state index contributed by atoms with van der Waals surface area (Å²) in [6.07, 6.45) is 0. The van der Waals surface area contributed by atoms with E-state index < -0.39 is 0 Å². The van der Waals surface area contributed by atoms with Gasteiger partial charge in [0.25, 0.3) is 0 Å². The Hall–Kier alpha value is 0.760. The molecule has 0 saturated heterocycles. The van der Waals surface area contributed by atoms with Crippen LogP contribution in [0.5, 0.6) is 0 Å². The SMILES string of the molecule is CC(C)(C)[SiH3].C[C](C)(C)[GeH2][C](C)(C)C. The summed E-state index contributed by atoms with van der Waals surface area (Å²) in [5.41, 5.74) is 0. The zero-order chi connectivity index (χ0) is 12.2. The van der Waals surface area contributed by atoms with Crippen molar-refractivity contribution in [1.82, 2.24) is 0 Å². The summed E-state index contributed by atoms with van der Waals surface area (Å²) in [4.78, 5) is 0. The van der Waals surface area contributed by atoms with Crippen molar-refractivity contribution in [3.05, 3.63) is 0 Å². The maximum absolute atomic E-state index is 2.37. The van der Waals surface area contributed by atoms with Gasteiger partial charge in [-0.15, -0.1) is 0 Å². The van der Waals surface area contributed by atoms with Crippen LogP contribution < -0.4 is 0 Å². The van der Waals surface area contributed by atoms with Crippen molar-refractivity contribution >= 4 is 25.7 Å². The first-order chi connectivity index (χ1) is 5.71. The zero-order valence-corrected chi connectivity index (χ0v) is 17.2. The molecule has 0 N–H and O–H groups in total. The van der Waals surface area contributed by atoms with Gasteiger partial charge in [0, 0.05) is 10.2 Å². The molecule has 0 bridgehead atoms. The third-order valence-corrected chi connectivity index (χ3v) is 5.51. The molecule has 0 amide bonds. The van der Waals surface area contributed by atoms with Gasteiger partial charge >= 0.3 is 65.5 Å². The van der Waals surface area contributed by atoms with Crippen LogP contribution in [0.25, 0.3) is 0 Å². The summed E-state index contributed by atoms with van der Waals surface area (Å²) in [7, 11) is 1.31. The molecule has 0 nitrogen and oxygen atoms in total. The molecule has 0 fully saturated rings. The van der Waals surface area contributed by atoms with Gasteiger partial charge in [0.2, 0.25) is 0 Å². The van der Waals surface area contributed by atoms with Crippen LogP contribution in [0.2, 0.25) is 13.5 Å². The van der Waals surface area contributed by atoms with Crippen LogP contribution in [0.3, 0.4) is 0 Å². The summed E-state index contributed by atoms with van der Waals surface area (Å²) in [5, 5.41) is 0.639. The van der Waals surface area contributed by atoms with Gasteiger partial charge in [-0.3, -0.25) is 0 Å². The van der Waals surface area contributed by atoms with E-state index in [1.807, 2.05) is 0 Å². The van der Waals surface area contributed by atoms with Crippen molar-refractivity contribution in [3.8, 4) is 0 Å². The van der Waals surface area contributed by atoms with Gasteiger partial charge in [-0.1, -0.05) is 25.8 Å². The fourth-order valence-electron chi connectivity index (χ4n) is 1.59. The van der Waals surface area contributed by atoms with E-state index in [4.69, 9.17) is 0 Å². The van der Waals surface area contributed by atoms with Crippen LogP contribution in [-0.2, 0) is 0 Å². The molecular weight excluding hydrogens is 245 g/mol. The van der Waals surface area contributed by atoms with Crippen molar-refractivity contribution in [1.29, 1.82) is 0 Å². The third kappa shape index (κ3) is 38.6. The molecule has 0 aliphatic heterocycles. The number of hydrogen-bond acceptors (Lipinski definition) is 0. The summed E-state index contributed by atoms with van der Waals surface area (Å²) < 4.78 is 1.34. The van der Waals surface area contributed by atoms with Crippen LogP contribution in [0.15, 0.2) is 0 Å². The minimum absolute atomic E-state index is 0.333. The molecule has 0 atom stereocenters. The molecule has 88 valence electrons. The monoisotopic (exact) mass is 278 g/mol. The summed E-state index contributed by atoms with van der Waals surface area (Å²) in [6, 6.07) is 0. The van der Waals surface area contributed by atoms with Crippen LogP contribution in [0.4, 0.5) is 0 Å². The van der Waals surface area contributed by atoms with Gasteiger partial charge < -0.3 is 0 Å². The summed E-state index contributed by atoms with van der Waals surface area (Å²) in [5.74, 6) is 0. The molecule has 0 saturated carbocycles. The molecule has 0 radical (unpaired) electrons. The van der Waals surface area contributed by atoms with Gasteiger partial charge in [-0.05, 0) is 0 Å². The molecule has 0 aromatic rings. The first-order valence-corrected chi connectivity index (χ1v) is 9.67. The predicted molar refractivity (Wildman–Crippen MR) is 77.6 cm³/mol. The van der Waals surface area contributed by atoms with Crippen molar-refractivity contribution in [2.75, 3.05) is 0 Å². The van der Waals surface area contributed by atoms with E-state index in [9.17, 15) is 0 Å². The zero-order valence-electron chi connectivity index (χ0n) is 12.2. The Morgan fingerprint density at radius 1 is 0.643 bits per heavy atom. The maximum atomic E-state index is 2.37.